The van der Waals surface area contributed by atoms with Gasteiger partial charge in [0.15, 0.2) is 11.5 Å². The fraction of sp³-hybridized carbons (Fsp3) is 0.316. The van der Waals surface area contributed by atoms with Crippen LogP contribution in [0, 0.1) is 6.92 Å². The Hall–Kier alpha value is -3.09. The van der Waals surface area contributed by atoms with Crippen LogP contribution in [0.2, 0.25) is 0 Å². The Balaban J connectivity index is 1.68. The third kappa shape index (κ3) is 4.50. The molecule has 1 N–H and O–H groups in total. The van der Waals surface area contributed by atoms with E-state index < -0.39 is 0 Å². The van der Waals surface area contributed by atoms with Crippen molar-refractivity contribution in [1.82, 2.24) is 20.2 Å². The number of nitrogens with one attached hydrogen (secondary N) is 1. The van der Waals surface area contributed by atoms with Crippen molar-refractivity contribution in [2.75, 3.05) is 11.9 Å². The number of rotatable bonds is 8. The Kier molecular flexibility index (Phi) is 5.68. The van der Waals surface area contributed by atoms with Crippen LogP contribution < -0.4 is 14.8 Å². The van der Waals surface area contributed by atoms with E-state index in [4.69, 9.17) is 9.47 Å². The van der Waals surface area contributed by atoms with E-state index in [2.05, 4.69) is 46.0 Å². The van der Waals surface area contributed by atoms with Crippen LogP contribution in [0.1, 0.15) is 23.6 Å². The molecule has 1 heterocycles. The average molecular weight is 353 g/mol. The van der Waals surface area contributed by atoms with E-state index in [-0.39, 0.29) is 0 Å². The van der Waals surface area contributed by atoms with Crippen LogP contribution >= 0.6 is 0 Å². The molecule has 0 bridgehead atoms. The molecule has 0 aliphatic heterocycles. The smallest absolute Gasteiger partial charge is 0.242 e. The monoisotopic (exact) mass is 353 g/mol. The predicted octanol–water partition coefficient (Wildman–Crippen LogP) is 3.11. The van der Waals surface area contributed by atoms with E-state index in [1.54, 1.807) is 11.7 Å². The Bertz CT molecular complexity index is 863. The van der Waals surface area contributed by atoms with Crippen molar-refractivity contribution in [3.05, 3.63) is 59.2 Å². The zero-order valence-electron chi connectivity index (χ0n) is 15.3. The van der Waals surface area contributed by atoms with Gasteiger partial charge < -0.3 is 14.8 Å². The van der Waals surface area contributed by atoms with Gasteiger partial charge in [-0.05, 0) is 47.5 Å². The van der Waals surface area contributed by atoms with Crippen LogP contribution in [0.25, 0.3) is 0 Å². The molecule has 0 spiro atoms. The fourth-order valence-corrected chi connectivity index (χ4v) is 2.57. The summed E-state index contributed by atoms with van der Waals surface area (Å²) in [7, 11) is 1.79. The molecule has 0 saturated heterocycles. The first-order valence-electron chi connectivity index (χ1n) is 8.56. The number of nitrogens with zero attached hydrogens (tertiary/aromatic N) is 4. The molecule has 0 aliphatic rings. The molecule has 3 rings (SSSR count). The van der Waals surface area contributed by atoms with Gasteiger partial charge in [0.1, 0.15) is 6.61 Å². The lowest BCUT2D eigenvalue weighted by molar-refractivity contribution is 0.269. The van der Waals surface area contributed by atoms with Crippen LogP contribution in [-0.4, -0.2) is 26.8 Å². The second-order valence-corrected chi connectivity index (χ2v) is 5.97. The largest absolute Gasteiger partial charge is 0.490 e. The van der Waals surface area contributed by atoms with Crippen LogP contribution in [0.5, 0.6) is 11.5 Å². The van der Waals surface area contributed by atoms with Crippen molar-refractivity contribution < 1.29 is 9.47 Å². The summed E-state index contributed by atoms with van der Waals surface area (Å²) in [5.74, 6) is 2.08. The van der Waals surface area contributed by atoms with E-state index in [1.165, 1.54) is 5.56 Å². The first-order valence-corrected chi connectivity index (χ1v) is 8.56. The first kappa shape index (κ1) is 17.7. The summed E-state index contributed by atoms with van der Waals surface area (Å²) in [5.41, 5.74) is 3.41. The normalized spacial score (nSPS) is 10.6. The molecule has 3 aromatic rings. The molecular formula is C19H23N5O2. The van der Waals surface area contributed by atoms with Gasteiger partial charge in [0, 0.05) is 13.6 Å². The highest BCUT2D eigenvalue weighted by Crippen LogP contribution is 2.29. The summed E-state index contributed by atoms with van der Waals surface area (Å²) < 4.78 is 13.3. The predicted molar refractivity (Wildman–Crippen MR) is 99.2 cm³/mol. The van der Waals surface area contributed by atoms with Gasteiger partial charge in [-0.15, -0.1) is 0 Å². The molecule has 7 heteroatoms. The third-order valence-corrected chi connectivity index (χ3v) is 3.86. The highest BCUT2D eigenvalue weighted by Gasteiger charge is 2.08. The highest BCUT2D eigenvalue weighted by atomic mass is 16.5. The maximum atomic E-state index is 5.97. The minimum atomic E-state index is 0.504. The molecule has 2 aromatic carbocycles. The molecule has 0 saturated carbocycles. The molecule has 0 amide bonds. The van der Waals surface area contributed by atoms with Crippen molar-refractivity contribution in [2.45, 2.75) is 27.0 Å². The number of hydrogen-bond acceptors (Lipinski definition) is 6. The molecule has 0 aliphatic carbocycles. The lowest BCUT2D eigenvalue weighted by Crippen LogP contribution is -2.06. The molecule has 0 radical (unpaired) electrons. The molecule has 0 atom stereocenters. The zero-order valence-corrected chi connectivity index (χ0v) is 15.3. The summed E-state index contributed by atoms with van der Waals surface area (Å²) in [5, 5.41) is 14.5. The van der Waals surface area contributed by atoms with E-state index in [1.807, 2.05) is 31.2 Å². The molecular weight excluding hydrogens is 330 g/mol. The SMILES string of the molecule is CCOc1cc(CNc2nnnn2C)ccc1OCc1cccc(C)c1. The highest BCUT2D eigenvalue weighted by molar-refractivity contribution is 5.44. The summed E-state index contributed by atoms with van der Waals surface area (Å²) in [4.78, 5) is 0. The van der Waals surface area contributed by atoms with Gasteiger partial charge in [-0.3, -0.25) is 0 Å². The van der Waals surface area contributed by atoms with Crippen LogP contribution in [0.4, 0.5) is 5.95 Å². The van der Waals surface area contributed by atoms with Crippen LogP contribution in [-0.2, 0) is 20.2 Å². The number of aryl methyl sites for hydroxylation is 2. The van der Waals surface area contributed by atoms with Gasteiger partial charge >= 0.3 is 0 Å². The first-order chi connectivity index (χ1) is 12.7. The Morgan fingerprint density at radius 1 is 1.04 bits per heavy atom. The number of benzene rings is 2. The summed E-state index contributed by atoms with van der Waals surface area (Å²) in [6.45, 7) is 5.70. The van der Waals surface area contributed by atoms with Gasteiger partial charge in [-0.1, -0.05) is 41.0 Å². The maximum Gasteiger partial charge on any atom is 0.242 e. The topological polar surface area (TPSA) is 74.1 Å². The second-order valence-electron chi connectivity index (χ2n) is 5.97. The average Bonchev–Trinajstić information content (AvgIpc) is 3.04. The number of tetrazole rings is 1. The Labute approximate surface area is 152 Å². The number of anilines is 1. The molecule has 7 nitrogen and oxygen atoms in total. The minimum absolute atomic E-state index is 0.504. The third-order valence-electron chi connectivity index (χ3n) is 3.86. The summed E-state index contributed by atoms with van der Waals surface area (Å²) in [6, 6.07) is 14.2. The molecule has 1 aromatic heterocycles. The van der Waals surface area contributed by atoms with Crippen molar-refractivity contribution in [3.63, 3.8) is 0 Å². The van der Waals surface area contributed by atoms with Gasteiger partial charge in [0.25, 0.3) is 0 Å². The minimum Gasteiger partial charge on any atom is -0.490 e. The van der Waals surface area contributed by atoms with Crippen LogP contribution in [0.15, 0.2) is 42.5 Å². The van der Waals surface area contributed by atoms with E-state index in [0.717, 1.165) is 22.6 Å². The number of hydrogen-bond donors (Lipinski definition) is 1. The zero-order chi connectivity index (χ0) is 18.4. The van der Waals surface area contributed by atoms with E-state index >= 15 is 0 Å². The maximum absolute atomic E-state index is 5.97. The summed E-state index contributed by atoms with van der Waals surface area (Å²) >= 11 is 0. The van der Waals surface area contributed by atoms with E-state index in [9.17, 15) is 0 Å². The molecule has 0 unspecified atom stereocenters. The van der Waals surface area contributed by atoms with Crippen molar-refractivity contribution in [3.8, 4) is 11.5 Å². The lowest BCUT2D eigenvalue weighted by atomic mass is 10.1. The molecule has 0 fully saturated rings. The van der Waals surface area contributed by atoms with Crippen molar-refractivity contribution in [2.24, 2.45) is 7.05 Å². The lowest BCUT2D eigenvalue weighted by Gasteiger charge is -2.14. The number of aromatic nitrogens is 4. The quantitative estimate of drug-likeness (QED) is 0.671. The molecule has 26 heavy (non-hydrogen) atoms. The van der Waals surface area contributed by atoms with Crippen molar-refractivity contribution in [1.29, 1.82) is 0 Å². The standard InChI is InChI=1S/C19H23N5O2/c1-4-25-18-11-15(12-20-19-21-22-23-24(19)3)8-9-17(18)26-13-16-7-5-6-14(2)10-16/h5-11H,4,12-13H2,1-3H3,(H,20,21,23). The Morgan fingerprint density at radius 3 is 2.65 bits per heavy atom. The van der Waals surface area contributed by atoms with Gasteiger partial charge in [0.05, 0.1) is 6.61 Å². The van der Waals surface area contributed by atoms with Crippen LogP contribution in [0.3, 0.4) is 0 Å². The van der Waals surface area contributed by atoms with Gasteiger partial charge in [0.2, 0.25) is 5.95 Å². The number of ether oxygens (including phenoxy) is 2. The molecule has 136 valence electrons. The van der Waals surface area contributed by atoms with E-state index in [0.29, 0.717) is 25.7 Å². The fourth-order valence-electron chi connectivity index (χ4n) is 2.57. The van der Waals surface area contributed by atoms with Gasteiger partial charge in [-0.25, -0.2) is 4.68 Å². The second kappa shape index (κ2) is 8.33. The Morgan fingerprint density at radius 2 is 1.92 bits per heavy atom. The van der Waals surface area contributed by atoms with Gasteiger partial charge in [-0.2, -0.15) is 0 Å². The summed E-state index contributed by atoms with van der Waals surface area (Å²) in [6.07, 6.45) is 0. The van der Waals surface area contributed by atoms with Crippen molar-refractivity contribution >= 4 is 5.95 Å².